The van der Waals surface area contributed by atoms with E-state index in [0.717, 1.165) is 5.69 Å². The lowest BCUT2D eigenvalue weighted by Crippen LogP contribution is -2.00. The zero-order chi connectivity index (χ0) is 13.2. The average Bonchev–Trinajstić information content (AvgIpc) is 3.26. The number of anilines is 2. The van der Waals surface area contributed by atoms with E-state index in [9.17, 15) is 0 Å². The Morgan fingerprint density at radius 3 is 2.84 bits per heavy atom. The predicted octanol–water partition coefficient (Wildman–Crippen LogP) is 3.62. The van der Waals surface area contributed by atoms with Crippen LogP contribution in [-0.2, 0) is 0 Å². The minimum atomic E-state index is 0.366. The number of hydrogen-bond donors (Lipinski definition) is 1. The first-order valence-electron chi connectivity index (χ1n) is 6.06. The normalized spacial score (nSPS) is 13.9. The molecule has 1 saturated carbocycles. The van der Waals surface area contributed by atoms with Crippen LogP contribution in [0.5, 0.6) is 0 Å². The summed E-state index contributed by atoms with van der Waals surface area (Å²) in [5.74, 6) is 1.08. The fraction of sp³-hybridized carbons (Fsp3) is 0.214. The highest BCUT2D eigenvalue weighted by molar-refractivity contribution is 6.32. The zero-order valence-corrected chi connectivity index (χ0v) is 10.9. The first kappa shape index (κ1) is 11.9. The Labute approximate surface area is 116 Å². The van der Waals surface area contributed by atoms with Gasteiger partial charge >= 0.3 is 0 Å². The van der Waals surface area contributed by atoms with Gasteiger partial charge in [0.2, 0.25) is 0 Å². The van der Waals surface area contributed by atoms with Crippen molar-refractivity contribution >= 4 is 23.1 Å². The third-order valence-electron chi connectivity index (χ3n) is 3.05. The maximum Gasteiger partial charge on any atom is 0.152 e. The summed E-state index contributed by atoms with van der Waals surface area (Å²) in [6.45, 7) is 0. The first-order valence-corrected chi connectivity index (χ1v) is 6.44. The highest BCUT2D eigenvalue weighted by Gasteiger charge is 2.25. The Kier molecular flexibility index (Phi) is 3.06. The number of pyridine rings is 2. The number of nitrogens with zero attached hydrogens (tertiary/aromatic N) is 3. The number of hydrogen-bond acceptors (Lipinski definition) is 4. The molecular weight excluding hydrogens is 260 g/mol. The predicted molar refractivity (Wildman–Crippen MR) is 73.5 cm³/mol. The van der Waals surface area contributed by atoms with Crippen molar-refractivity contribution in [2.75, 3.05) is 5.32 Å². The number of nitrogens with one attached hydrogen (secondary N) is 1. The molecule has 0 unspecified atom stereocenters. The molecule has 0 amide bonds. The number of nitriles is 1. The molecule has 2 heterocycles. The minimum absolute atomic E-state index is 0.366. The van der Waals surface area contributed by atoms with Crippen LogP contribution in [0.15, 0.2) is 30.5 Å². The van der Waals surface area contributed by atoms with Gasteiger partial charge in [-0.25, -0.2) is 9.97 Å². The largest absolute Gasteiger partial charge is 0.337 e. The summed E-state index contributed by atoms with van der Waals surface area (Å²) in [5.41, 5.74) is 2.19. The standard InChI is InChI=1S/C14H11ClN4/c15-13-12(2-1-7-17-13)19-14-10(8-16)5-6-11(18-14)9-3-4-9/h1-2,5-7,9H,3-4H2,(H,18,19). The molecule has 0 aliphatic heterocycles. The van der Waals surface area contributed by atoms with Crippen LogP contribution in [-0.4, -0.2) is 9.97 Å². The summed E-state index contributed by atoms with van der Waals surface area (Å²) in [4.78, 5) is 8.51. The second kappa shape index (κ2) is 4.87. The molecule has 0 radical (unpaired) electrons. The molecule has 1 aliphatic carbocycles. The third-order valence-corrected chi connectivity index (χ3v) is 3.35. The van der Waals surface area contributed by atoms with E-state index >= 15 is 0 Å². The summed E-state index contributed by atoms with van der Waals surface area (Å²) >= 11 is 6.00. The molecule has 1 fully saturated rings. The maximum absolute atomic E-state index is 9.13. The molecule has 2 aromatic rings. The van der Waals surface area contributed by atoms with Gasteiger partial charge in [-0.05, 0) is 37.1 Å². The van der Waals surface area contributed by atoms with Crippen molar-refractivity contribution in [3.63, 3.8) is 0 Å². The Hall–Kier alpha value is -2.12. The van der Waals surface area contributed by atoms with Crippen LogP contribution in [0.1, 0.15) is 30.0 Å². The highest BCUT2D eigenvalue weighted by atomic mass is 35.5. The molecule has 0 aromatic carbocycles. The van der Waals surface area contributed by atoms with Crippen LogP contribution < -0.4 is 5.32 Å². The van der Waals surface area contributed by atoms with Gasteiger partial charge in [-0.3, -0.25) is 0 Å². The second-order valence-electron chi connectivity index (χ2n) is 4.49. The molecule has 0 bridgehead atoms. The Morgan fingerprint density at radius 1 is 1.32 bits per heavy atom. The smallest absolute Gasteiger partial charge is 0.152 e. The third kappa shape index (κ3) is 2.51. The van der Waals surface area contributed by atoms with Crippen LogP contribution in [0, 0.1) is 11.3 Å². The maximum atomic E-state index is 9.13. The molecule has 1 aliphatic rings. The van der Waals surface area contributed by atoms with E-state index in [1.54, 1.807) is 18.3 Å². The molecule has 5 heteroatoms. The molecule has 19 heavy (non-hydrogen) atoms. The van der Waals surface area contributed by atoms with E-state index in [0.29, 0.717) is 28.1 Å². The van der Waals surface area contributed by atoms with Gasteiger partial charge in [0, 0.05) is 17.8 Å². The molecule has 2 aromatic heterocycles. The van der Waals surface area contributed by atoms with E-state index in [-0.39, 0.29) is 0 Å². The Morgan fingerprint density at radius 2 is 2.16 bits per heavy atom. The Balaban J connectivity index is 1.97. The van der Waals surface area contributed by atoms with Crippen molar-refractivity contribution in [1.82, 2.24) is 9.97 Å². The van der Waals surface area contributed by atoms with E-state index in [4.69, 9.17) is 16.9 Å². The van der Waals surface area contributed by atoms with Gasteiger partial charge in [0.1, 0.15) is 11.9 Å². The number of rotatable bonds is 3. The van der Waals surface area contributed by atoms with Crippen molar-refractivity contribution in [2.45, 2.75) is 18.8 Å². The lowest BCUT2D eigenvalue weighted by atomic mass is 10.2. The lowest BCUT2D eigenvalue weighted by Gasteiger charge is -2.09. The second-order valence-corrected chi connectivity index (χ2v) is 4.84. The first-order chi connectivity index (χ1) is 9.28. The molecule has 94 valence electrons. The summed E-state index contributed by atoms with van der Waals surface area (Å²) < 4.78 is 0. The molecule has 1 N–H and O–H groups in total. The fourth-order valence-corrected chi connectivity index (χ4v) is 2.04. The van der Waals surface area contributed by atoms with E-state index in [1.165, 1.54) is 12.8 Å². The van der Waals surface area contributed by atoms with Gasteiger partial charge in [-0.15, -0.1) is 0 Å². The van der Waals surface area contributed by atoms with Gasteiger partial charge in [-0.2, -0.15) is 5.26 Å². The average molecular weight is 271 g/mol. The monoisotopic (exact) mass is 270 g/mol. The SMILES string of the molecule is N#Cc1ccc(C2CC2)nc1Nc1cccnc1Cl. The van der Waals surface area contributed by atoms with Gasteiger partial charge in [0.25, 0.3) is 0 Å². The molecule has 0 saturated heterocycles. The van der Waals surface area contributed by atoms with Gasteiger partial charge < -0.3 is 5.32 Å². The summed E-state index contributed by atoms with van der Waals surface area (Å²) in [6, 6.07) is 9.45. The topological polar surface area (TPSA) is 61.6 Å². The van der Waals surface area contributed by atoms with Crippen LogP contribution in [0.4, 0.5) is 11.5 Å². The van der Waals surface area contributed by atoms with Gasteiger partial charge in [-0.1, -0.05) is 11.6 Å². The van der Waals surface area contributed by atoms with Crippen LogP contribution in [0.25, 0.3) is 0 Å². The van der Waals surface area contributed by atoms with E-state index in [1.807, 2.05) is 12.1 Å². The summed E-state index contributed by atoms with van der Waals surface area (Å²) in [5, 5.41) is 12.6. The van der Waals surface area contributed by atoms with Crippen molar-refractivity contribution in [1.29, 1.82) is 5.26 Å². The Bertz CT molecular complexity index is 659. The zero-order valence-electron chi connectivity index (χ0n) is 10.1. The van der Waals surface area contributed by atoms with Crippen molar-refractivity contribution in [3.8, 4) is 6.07 Å². The van der Waals surface area contributed by atoms with Crippen LogP contribution >= 0.6 is 11.6 Å². The summed E-state index contributed by atoms with van der Waals surface area (Å²) in [6.07, 6.45) is 3.96. The van der Waals surface area contributed by atoms with Crippen LogP contribution in [0.2, 0.25) is 5.15 Å². The van der Waals surface area contributed by atoms with Crippen molar-refractivity contribution in [2.24, 2.45) is 0 Å². The number of aromatic nitrogens is 2. The molecule has 0 atom stereocenters. The quantitative estimate of drug-likeness (QED) is 0.865. The van der Waals surface area contributed by atoms with E-state index < -0.39 is 0 Å². The molecule has 4 nitrogen and oxygen atoms in total. The molecule has 0 spiro atoms. The van der Waals surface area contributed by atoms with E-state index in [2.05, 4.69) is 21.4 Å². The minimum Gasteiger partial charge on any atom is -0.337 e. The number of halogens is 1. The fourth-order valence-electron chi connectivity index (χ4n) is 1.87. The highest BCUT2D eigenvalue weighted by Crippen LogP contribution is 2.39. The molecular formula is C14H11ClN4. The van der Waals surface area contributed by atoms with Crippen molar-refractivity contribution in [3.05, 3.63) is 46.9 Å². The molecule has 3 rings (SSSR count). The van der Waals surface area contributed by atoms with Gasteiger partial charge in [0.15, 0.2) is 5.15 Å². The summed E-state index contributed by atoms with van der Waals surface area (Å²) in [7, 11) is 0. The lowest BCUT2D eigenvalue weighted by molar-refractivity contribution is 1.02. The van der Waals surface area contributed by atoms with Gasteiger partial charge in [0.05, 0.1) is 11.3 Å². The van der Waals surface area contributed by atoms with Crippen LogP contribution in [0.3, 0.4) is 0 Å². The van der Waals surface area contributed by atoms with Crippen molar-refractivity contribution < 1.29 is 0 Å².